The van der Waals surface area contributed by atoms with Crippen LogP contribution in [0.4, 0.5) is 0 Å². The van der Waals surface area contributed by atoms with Crippen molar-refractivity contribution >= 4 is 6.29 Å². The van der Waals surface area contributed by atoms with Crippen LogP contribution in [0.15, 0.2) is 22.2 Å². The van der Waals surface area contributed by atoms with Gasteiger partial charge in [0.15, 0.2) is 0 Å². The molecule has 0 aromatic heterocycles. The minimum atomic E-state index is 0.741. The molecule has 0 heterocycles. The quantitative estimate of drug-likeness (QED) is 0.400. The van der Waals surface area contributed by atoms with Gasteiger partial charge in [0.2, 0.25) is 0 Å². The Balaban J connectivity index is 2.85. The zero-order valence-corrected chi connectivity index (χ0v) is 5.31. The first kappa shape index (κ1) is 5.80. The molecule has 8 heavy (non-hydrogen) atoms. The van der Waals surface area contributed by atoms with Crippen LogP contribution in [0, 0.1) is 0 Å². The molecule has 0 N–H and O–H groups in total. The van der Waals surface area contributed by atoms with Crippen LogP contribution >= 0.6 is 0 Å². The van der Waals surface area contributed by atoms with E-state index in [1.165, 1.54) is 0 Å². The molecular formula is C6H5FeO. The first-order valence-electron chi connectivity index (χ1n) is 2.33. The Kier molecular flexibility index (Phi) is 1.66. The van der Waals surface area contributed by atoms with E-state index < -0.39 is 0 Å². The number of aldehydes is 1. The summed E-state index contributed by atoms with van der Waals surface area (Å²) in [6, 6.07) is 0. The summed E-state index contributed by atoms with van der Waals surface area (Å²) >= 11 is 3.68. The number of carbonyl (C=O) groups is 1. The third-order valence-corrected chi connectivity index (χ3v) is 1.57. The second kappa shape index (κ2) is 2.29. The first-order chi connectivity index (χ1) is 3.84. The Morgan fingerprint density at radius 2 is 2.50 bits per heavy atom. The standard InChI is InChI=1S/C6H5O.Fe/c7-5-6-3-1-2-4-6;/h1,3,5H,2H2;. The molecule has 2 heteroatoms. The van der Waals surface area contributed by atoms with Crippen LogP contribution < -0.4 is 0 Å². The van der Waals surface area contributed by atoms with Crippen molar-refractivity contribution in [1.29, 1.82) is 0 Å². The number of hydrogen-bond acceptors (Lipinski definition) is 1. The molecule has 0 radical (unpaired) electrons. The Labute approximate surface area is 56.3 Å². The van der Waals surface area contributed by atoms with E-state index >= 15 is 0 Å². The van der Waals surface area contributed by atoms with Crippen LogP contribution in [0.1, 0.15) is 6.42 Å². The molecule has 0 unspecified atom stereocenters. The molecule has 1 aliphatic carbocycles. The summed E-state index contributed by atoms with van der Waals surface area (Å²) in [5.74, 6) is 0. The van der Waals surface area contributed by atoms with Gasteiger partial charge in [-0.25, -0.2) is 0 Å². The number of hydrogen-bond donors (Lipinski definition) is 0. The molecule has 1 aliphatic rings. The molecule has 0 spiro atoms. The predicted octanol–water partition coefficient (Wildman–Crippen LogP) is 0.946. The van der Waals surface area contributed by atoms with Crippen molar-refractivity contribution < 1.29 is 20.8 Å². The van der Waals surface area contributed by atoms with Crippen molar-refractivity contribution in [2.75, 3.05) is 0 Å². The van der Waals surface area contributed by atoms with E-state index in [2.05, 4.69) is 16.0 Å². The SMILES string of the molecule is O=CC1=[C]([Fe])CC=C1. The van der Waals surface area contributed by atoms with Crippen LogP contribution in [0.5, 0.6) is 0 Å². The van der Waals surface area contributed by atoms with Gasteiger partial charge in [0, 0.05) is 0 Å². The molecule has 0 aromatic rings. The average molecular weight is 149 g/mol. The van der Waals surface area contributed by atoms with Crippen molar-refractivity contribution in [2.45, 2.75) is 6.42 Å². The molecular weight excluding hydrogens is 144 g/mol. The summed E-state index contributed by atoms with van der Waals surface area (Å²) < 4.78 is 0.931. The molecule has 0 aromatic carbocycles. The number of carbonyl (C=O) groups excluding carboxylic acids is 1. The zero-order valence-electron chi connectivity index (χ0n) is 4.20. The summed E-state index contributed by atoms with van der Waals surface area (Å²) in [4.78, 5) is 10.1. The molecule has 0 aliphatic heterocycles. The summed E-state index contributed by atoms with van der Waals surface area (Å²) in [5, 5.41) is 0. The summed E-state index contributed by atoms with van der Waals surface area (Å²) in [5.41, 5.74) is 0.741. The monoisotopic (exact) mass is 149 g/mol. The Morgan fingerprint density at radius 1 is 1.75 bits per heavy atom. The van der Waals surface area contributed by atoms with Gasteiger partial charge in [-0.15, -0.1) is 0 Å². The molecule has 0 saturated heterocycles. The third kappa shape index (κ3) is 0.908. The molecule has 1 rings (SSSR count). The Hall–Kier alpha value is -0.331. The van der Waals surface area contributed by atoms with E-state index in [1.54, 1.807) is 6.08 Å². The van der Waals surface area contributed by atoms with Gasteiger partial charge in [0.1, 0.15) is 0 Å². The van der Waals surface area contributed by atoms with E-state index in [1.807, 2.05) is 6.08 Å². The van der Waals surface area contributed by atoms with Crippen LogP contribution in [0.2, 0.25) is 0 Å². The molecule has 0 atom stereocenters. The van der Waals surface area contributed by atoms with Gasteiger partial charge < -0.3 is 0 Å². The van der Waals surface area contributed by atoms with Gasteiger partial charge in [-0.3, -0.25) is 0 Å². The first-order valence-corrected chi connectivity index (χ1v) is 2.89. The van der Waals surface area contributed by atoms with Gasteiger partial charge in [0.05, 0.1) is 0 Å². The molecule has 1 nitrogen and oxygen atoms in total. The average Bonchev–Trinajstić information content (AvgIpc) is 2.14. The number of allylic oxidation sites excluding steroid dienone is 4. The normalized spacial score (nSPS) is 17.6. The second-order valence-electron chi connectivity index (χ2n) is 1.57. The maximum absolute atomic E-state index is 10.1. The van der Waals surface area contributed by atoms with Crippen molar-refractivity contribution in [3.8, 4) is 0 Å². The van der Waals surface area contributed by atoms with E-state index in [4.69, 9.17) is 0 Å². The van der Waals surface area contributed by atoms with Gasteiger partial charge in [0.25, 0.3) is 0 Å². The second-order valence-corrected chi connectivity index (χ2v) is 2.24. The fraction of sp³-hybridized carbons (Fsp3) is 0.167. The van der Waals surface area contributed by atoms with E-state index in [0.717, 1.165) is 22.8 Å². The van der Waals surface area contributed by atoms with Crippen LogP contribution in [0.25, 0.3) is 0 Å². The van der Waals surface area contributed by atoms with Gasteiger partial charge in [-0.05, 0) is 0 Å². The van der Waals surface area contributed by atoms with Crippen molar-refractivity contribution in [3.63, 3.8) is 0 Å². The van der Waals surface area contributed by atoms with Crippen LogP contribution in [-0.4, -0.2) is 6.29 Å². The fourth-order valence-electron chi connectivity index (χ4n) is 0.595. The van der Waals surface area contributed by atoms with Gasteiger partial charge in [-0.2, -0.15) is 0 Å². The Bertz CT molecular complexity index is 167. The predicted molar refractivity (Wildman–Crippen MR) is 26.8 cm³/mol. The van der Waals surface area contributed by atoms with Crippen molar-refractivity contribution in [3.05, 3.63) is 22.2 Å². The molecule has 0 amide bonds. The number of rotatable bonds is 1. The van der Waals surface area contributed by atoms with E-state index in [0.29, 0.717) is 0 Å². The van der Waals surface area contributed by atoms with E-state index in [-0.39, 0.29) is 0 Å². The minimum absolute atomic E-state index is 0.741. The zero-order chi connectivity index (χ0) is 5.98. The third-order valence-electron chi connectivity index (χ3n) is 1.02. The summed E-state index contributed by atoms with van der Waals surface area (Å²) in [6.07, 6.45) is 5.42. The summed E-state index contributed by atoms with van der Waals surface area (Å²) in [6.45, 7) is 0. The van der Waals surface area contributed by atoms with Crippen LogP contribution in [-0.2, 0) is 20.8 Å². The van der Waals surface area contributed by atoms with Gasteiger partial charge in [-0.1, -0.05) is 0 Å². The molecule has 43 valence electrons. The summed E-state index contributed by atoms with van der Waals surface area (Å²) in [7, 11) is 0. The maximum atomic E-state index is 10.1. The molecule has 0 saturated carbocycles. The van der Waals surface area contributed by atoms with Crippen molar-refractivity contribution in [1.82, 2.24) is 0 Å². The fourth-order valence-corrected chi connectivity index (χ4v) is 0.882. The van der Waals surface area contributed by atoms with E-state index in [9.17, 15) is 4.79 Å². The Morgan fingerprint density at radius 3 is 2.75 bits per heavy atom. The molecule has 0 fully saturated rings. The van der Waals surface area contributed by atoms with Crippen LogP contribution in [0.3, 0.4) is 0 Å². The van der Waals surface area contributed by atoms with Gasteiger partial charge >= 0.3 is 55.7 Å². The van der Waals surface area contributed by atoms with Crippen molar-refractivity contribution in [2.24, 2.45) is 0 Å². The molecule has 0 bridgehead atoms. The topological polar surface area (TPSA) is 17.1 Å².